The van der Waals surface area contributed by atoms with Crippen LogP contribution in [0.4, 0.5) is 5.69 Å². The van der Waals surface area contributed by atoms with Gasteiger partial charge in [0.2, 0.25) is 0 Å². The maximum Gasteiger partial charge on any atom is 0.316 e. The number of carbonyl (C=O) groups is 2. The normalized spacial score (nSPS) is 11.6. The quantitative estimate of drug-likeness (QED) is 0.668. The fourth-order valence-corrected chi connectivity index (χ4v) is 3.60. The van der Waals surface area contributed by atoms with Crippen LogP contribution in [0.15, 0.2) is 41.8 Å². The summed E-state index contributed by atoms with van der Waals surface area (Å²) in [6.45, 7) is 4.05. The predicted octanol–water partition coefficient (Wildman–Crippen LogP) is 3.95. The van der Waals surface area contributed by atoms with Crippen LogP contribution < -0.4 is 10.1 Å². The van der Waals surface area contributed by atoms with Crippen molar-refractivity contribution >= 4 is 40.7 Å². The number of ether oxygens (including phenoxy) is 2. The average Bonchev–Trinajstić information content (AvgIpc) is 3.10. The molecule has 0 aliphatic carbocycles. The Balaban J connectivity index is 1.72. The van der Waals surface area contributed by atoms with Gasteiger partial charge in [0, 0.05) is 16.3 Å². The Bertz CT molecular complexity index is 671. The number of thioether (sulfide) groups is 1. The van der Waals surface area contributed by atoms with Crippen molar-refractivity contribution in [3.05, 3.63) is 46.7 Å². The van der Waals surface area contributed by atoms with Gasteiger partial charge in [-0.25, -0.2) is 0 Å². The van der Waals surface area contributed by atoms with E-state index in [-0.39, 0.29) is 11.7 Å². The Labute approximate surface area is 155 Å². The second-order valence-corrected chi connectivity index (χ2v) is 7.17. The molecule has 25 heavy (non-hydrogen) atoms. The van der Waals surface area contributed by atoms with Gasteiger partial charge in [-0.05, 0) is 49.6 Å². The van der Waals surface area contributed by atoms with Gasteiger partial charge < -0.3 is 14.8 Å². The number of thiophene rings is 1. The summed E-state index contributed by atoms with van der Waals surface area (Å²) in [5.41, 5.74) is 0.628. The van der Waals surface area contributed by atoms with Crippen molar-refractivity contribution in [1.82, 2.24) is 0 Å². The van der Waals surface area contributed by atoms with Crippen molar-refractivity contribution < 1.29 is 19.1 Å². The third-order valence-electron chi connectivity index (χ3n) is 3.15. The first-order chi connectivity index (χ1) is 12.1. The van der Waals surface area contributed by atoms with Crippen molar-refractivity contribution in [1.29, 1.82) is 0 Å². The fraction of sp³-hybridized carbons (Fsp3) is 0.333. The molecule has 5 nitrogen and oxygen atoms in total. The van der Waals surface area contributed by atoms with E-state index in [1.807, 2.05) is 24.4 Å². The van der Waals surface area contributed by atoms with E-state index >= 15 is 0 Å². The zero-order valence-electron chi connectivity index (χ0n) is 14.2. The predicted molar refractivity (Wildman–Crippen MR) is 102 cm³/mol. The summed E-state index contributed by atoms with van der Waals surface area (Å²) in [4.78, 5) is 25.1. The van der Waals surface area contributed by atoms with E-state index in [4.69, 9.17) is 9.47 Å². The molecule has 0 radical (unpaired) electrons. The summed E-state index contributed by atoms with van der Waals surface area (Å²) >= 11 is 3.13. The van der Waals surface area contributed by atoms with Gasteiger partial charge in [-0.3, -0.25) is 9.59 Å². The maximum absolute atomic E-state index is 12.1. The Kier molecular flexibility index (Phi) is 7.81. The van der Waals surface area contributed by atoms with Crippen molar-refractivity contribution in [2.24, 2.45) is 0 Å². The van der Waals surface area contributed by atoms with Gasteiger partial charge in [0.15, 0.2) is 6.10 Å². The van der Waals surface area contributed by atoms with Gasteiger partial charge >= 0.3 is 5.97 Å². The molecule has 7 heteroatoms. The molecular formula is C18H21NO4S2. The van der Waals surface area contributed by atoms with Gasteiger partial charge in [0.05, 0.1) is 12.4 Å². The number of amides is 1. The van der Waals surface area contributed by atoms with Gasteiger partial charge in [-0.15, -0.1) is 23.1 Å². The molecule has 2 aromatic rings. The van der Waals surface area contributed by atoms with Crippen LogP contribution in [-0.4, -0.2) is 30.3 Å². The summed E-state index contributed by atoms with van der Waals surface area (Å²) < 4.78 is 10.5. The van der Waals surface area contributed by atoms with Crippen LogP contribution in [0.2, 0.25) is 0 Å². The van der Waals surface area contributed by atoms with E-state index in [0.717, 1.165) is 11.5 Å². The minimum atomic E-state index is -0.846. The molecule has 0 unspecified atom stereocenters. The molecule has 0 saturated heterocycles. The van der Waals surface area contributed by atoms with E-state index in [0.29, 0.717) is 12.3 Å². The van der Waals surface area contributed by atoms with E-state index in [1.54, 1.807) is 42.5 Å². The highest BCUT2D eigenvalue weighted by Crippen LogP contribution is 2.18. The summed E-state index contributed by atoms with van der Waals surface area (Å²) in [5.74, 6) is 0.970. The van der Waals surface area contributed by atoms with Crippen LogP contribution in [0.1, 0.15) is 18.7 Å². The number of nitrogens with one attached hydrogen (secondary N) is 1. The highest BCUT2D eigenvalue weighted by Gasteiger charge is 2.18. The molecule has 1 aromatic heterocycles. The molecule has 0 bridgehead atoms. The molecule has 1 aromatic carbocycles. The lowest BCUT2D eigenvalue weighted by Crippen LogP contribution is -2.30. The second-order valence-electron chi connectivity index (χ2n) is 5.15. The van der Waals surface area contributed by atoms with Crippen LogP contribution in [-0.2, 0) is 20.1 Å². The van der Waals surface area contributed by atoms with Crippen molar-refractivity contribution in [3.8, 4) is 5.75 Å². The zero-order valence-corrected chi connectivity index (χ0v) is 15.8. The van der Waals surface area contributed by atoms with Crippen molar-refractivity contribution in [3.63, 3.8) is 0 Å². The number of hydrogen-bond donors (Lipinski definition) is 1. The van der Waals surface area contributed by atoms with E-state index < -0.39 is 12.1 Å². The standard InChI is InChI=1S/C18H21NO4S2/c1-3-22-15-8-6-14(7-9-15)19-18(21)13(2)23-17(20)12-24-11-16-5-4-10-25-16/h4-10,13H,3,11-12H2,1-2H3,(H,19,21)/t13-/m1/s1. The highest BCUT2D eigenvalue weighted by molar-refractivity contribution is 7.99. The van der Waals surface area contributed by atoms with Crippen molar-refractivity contribution in [2.75, 3.05) is 17.7 Å². The summed E-state index contributed by atoms with van der Waals surface area (Å²) in [5, 5.41) is 4.72. The first-order valence-corrected chi connectivity index (χ1v) is 9.95. The topological polar surface area (TPSA) is 64.6 Å². The molecule has 0 aliphatic rings. The van der Waals surface area contributed by atoms with Crippen molar-refractivity contribution in [2.45, 2.75) is 25.7 Å². The number of hydrogen-bond acceptors (Lipinski definition) is 6. The number of esters is 1. The fourth-order valence-electron chi connectivity index (χ4n) is 1.96. The molecule has 0 saturated carbocycles. The van der Waals surface area contributed by atoms with Gasteiger partial charge in [0.25, 0.3) is 5.91 Å². The Morgan fingerprint density at radius 1 is 1.24 bits per heavy atom. The average molecular weight is 380 g/mol. The summed E-state index contributed by atoms with van der Waals surface area (Å²) in [6, 6.07) is 11.0. The van der Waals surface area contributed by atoms with Gasteiger partial charge in [-0.2, -0.15) is 0 Å². The Morgan fingerprint density at radius 3 is 2.64 bits per heavy atom. The van der Waals surface area contributed by atoms with Crippen LogP contribution in [0.3, 0.4) is 0 Å². The molecule has 134 valence electrons. The first-order valence-electron chi connectivity index (χ1n) is 7.91. The first kappa shape index (κ1) is 19.3. The smallest absolute Gasteiger partial charge is 0.316 e. The van der Waals surface area contributed by atoms with Crippen LogP contribution in [0.25, 0.3) is 0 Å². The maximum atomic E-state index is 12.1. The summed E-state index contributed by atoms with van der Waals surface area (Å²) in [7, 11) is 0. The molecule has 1 heterocycles. The van der Waals surface area contributed by atoms with Crippen LogP contribution in [0.5, 0.6) is 5.75 Å². The largest absolute Gasteiger partial charge is 0.494 e. The minimum absolute atomic E-state index is 0.221. The monoisotopic (exact) mass is 379 g/mol. The number of carbonyl (C=O) groups excluding carboxylic acids is 2. The molecule has 0 fully saturated rings. The number of benzene rings is 1. The molecule has 1 N–H and O–H groups in total. The molecule has 1 amide bonds. The van der Waals surface area contributed by atoms with E-state index in [2.05, 4.69) is 5.32 Å². The van der Waals surface area contributed by atoms with Crippen LogP contribution >= 0.6 is 23.1 Å². The Hall–Kier alpha value is -1.99. The molecule has 1 atom stereocenters. The lowest BCUT2D eigenvalue weighted by molar-refractivity contribution is -0.150. The third kappa shape index (κ3) is 6.80. The van der Waals surface area contributed by atoms with E-state index in [9.17, 15) is 9.59 Å². The molecule has 0 spiro atoms. The summed E-state index contributed by atoms with van der Waals surface area (Å²) in [6.07, 6.45) is -0.846. The van der Waals surface area contributed by atoms with Crippen LogP contribution in [0, 0.1) is 0 Å². The lowest BCUT2D eigenvalue weighted by atomic mass is 10.3. The lowest BCUT2D eigenvalue weighted by Gasteiger charge is -2.13. The van der Waals surface area contributed by atoms with Gasteiger partial charge in [0.1, 0.15) is 5.75 Å². The number of anilines is 1. The highest BCUT2D eigenvalue weighted by atomic mass is 32.2. The second kappa shape index (κ2) is 10.1. The zero-order chi connectivity index (χ0) is 18.1. The van der Waals surface area contributed by atoms with E-state index in [1.165, 1.54) is 16.6 Å². The van der Waals surface area contributed by atoms with Gasteiger partial charge in [-0.1, -0.05) is 6.07 Å². The SMILES string of the molecule is CCOc1ccc(NC(=O)[C@@H](C)OC(=O)CSCc2cccs2)cc1. The minimum Gasteiger partial charge on any atom is -0.494 e. The molecular weight excluding hydrogens is 358 g/mol. The molecule has 2 rings (SSSR count). The number of rotatable bonds is 9. The third-order valence-corrected chi connectivity index (χ3v) is 5.17. The Morgan fingerprint density at radius 2 is 2.00 bits per heavy atom. The molecule has 0 aliphatic heterocycles.